The summed E-state index contributed by atoms with van der Waals surface area (Å²) in [5, 5.41) is 0.850. The summed E-state index contributed by atoms with van der Waals surface area (Å²) in [6, 6.07) is 15.7. The largest absolute Gasteiger partial charge is 0.494 e. The lowest BCUT2D eigenvalue weighted by molar-refractivity contribution is 0.340. The normalized spacial score (nSPS) is 11.5. The van der Waals surface area contributed by atoms with Crippen molar-refractivity contribution >= 4 is 37.4 Å². The fourth-order valence-corrected chi connectivity index (χ4v) is 4.92. The molecule has 1 N–H and O–H groups in total. The molecule has 0 bridgehead atoms. The maximum Gasteiger partial charge on any atom is 0.261 e. The topological polar surface area (TPSA) is 81.2 Å². The van der Waals surface area contributed by atoms with E-state index in [1.807, 2.05) is 38.1 Å². The fourth-order valence-electron chi connectivity index (χ4n) is 2.89. The first kappa shape index (κ1) is 19.4. The molecule has 0 unspecified atom stereocenters. The van der Waals surface area contributed by atoms with Crippen LogP contribution >= 0.6 is 11.3 Å². The summed E-state index contributed by atoms with van der Waals surface area (Å²) in [6.07, 6.45) is 1.74. The molecule has 0 aliphatic heterocycles. The van der Waals surface area contributed by atoms with Gasteiger partial charge in [0.1, 0.15) is 21.1 Å². The number of hydrogen-bond donors (Lipinski definition) is 1. The van der Waals surface area contributed by atoms with Crippen molar-refractivity contribution < 1.29 is 13.2 Å². The Morgan fingerprint density at radius 2 is 1.90 bits per heavy atom. The van der Waals surface area contributed by atoms with Crippen molar-refractivity contribution in [3.05, 3.63) is 66.4 Å². The molecule has 0 atom stereocenters. The number of aryl methyl sites for hydroxylation is 1. The Balaban J connectivity index is 1.59. The van der Waals surface area contributed by atoms with E-state index in [9.17, 15) is 8.42 Å². The maximum absolute atomic E-state index is 12.7. The van der Waals surface area contributed by atoms with Crippen LogP contribution in [0.1, 0.15) is 12.5 Å². The van der Waals surface area contributed by atoms with E-state index in [-0.39, 0.29) is 4.90 Å². The minimum atomic E-state index is -3.69. The molecule has 4 aromatic rings. The van der Waals surface area contributed by atoms with Crippen LogP contribution in [0, 0.1) is 6.92 Å². The lowest BCUT2D eigenvalue weighted by atomic mass is 10.1. The number of anilines is 1. The predicted molar refractivity (Wildman–Crippen MR) is 116 cm³/mol. The summed E-state index contributed by atoms with van der Waals surface area (Å²) in [7, 11) is -3.69. The van der Waals surface area contributed by atoms with Gasteiger partial charge < -0.3 is 4.74 Å². The van der Waals surface area contributed by atoms with Gasteiger partial charge in [0.25, 0.3) is 10.0 Å². The number of sulfonamides is 1. The van der Waals surface area contributed by atoms with E-state index in [0.29, 0.717) is 18.0 Å². The molecule has 0 aliphatic rings. The van der Waals surface area contributed by atoms with Crippen molar-refractivity contribution in [1.82, 2.24) is 9.97 Å². The van der Waals surface area contributed by atoms with Crippen molar-refractivity contribution in [2.45, 2.75) is 18.7 Å². The van der Waals surface area contributed by atoms with Crippen LogP contribution in [0.3, 0.4) is 0 Å². The van der Waals surface area contributed by atoms with Gasteiger partial charge in [-0.1, -0.05) is 11.3 Å². The third-order valence-electron chi connectivity index (χ3n) is 4.33. The zero-order chi connectivity index (χ0) is 20.4. The van der Waals surface area contributed by atoms with Gasteiger partial charge in [0.05, 0.1) is 17.2 Å². The first-order valence-electron chi connectivity index (χ1n) is 9.04. The van der Waals surface area contributed by atoms with Crippen LogP contribution in [0.4, 0.5) is 5.69 Å². The Bertz CT molecular complexity index is 1230. The van der Waals surface area contributed by atoms with Crippen LogP contribution in [0.15, 0.2) is 65.7 Å². The molecule has 0 amide bonds. The van der Waals surface area contributed by atoms with Gasteiger partial charge in [0, 0.05) is 11.8 Å². The zero-order valence-corrected chi connectivity index (χ0v) is 17.5. The van der Waals surface area contributed by atoms with Crippen LogP contribution < -0.4 is 9.46 Å². The first-order chi connectivity index (χ1) is 14.0. The molecule has 6 nitrogen and oxygen atoms in total. The quantitative estimate of drug-likeness (QED) is 0.477. The molecule has 2 heterocycles. The molecule has 0 radical (unpaired) electrons. The van der Waals surface area contributed by atoms with E-state index in [0.717, 1.165) is 26.5 Å². The Morgan fingerprint density at radius 1 is 1.10 bits per heavy atom. The third-order valence-corrected chi connectivity index (χ3v) is 6.74. The van der Waals surface area contributed by atoms with Crippen molar-refractivity contribution in [3.63, 3.8) is 0 Å². The van der Waals surface area contributed by atoms with Crippen molar-refractivity contribution in [3.8, 4) is 16.3 Å². The molecule has 4 rings (SSSR count). The average molecular weight is 426 g/mol. The van der Waals surface area contributed by atoms with Crippen LogP contribution in [-0.4, -0.2) is 25.0 Å². The van der Waals surface area contributed by atoms with E-state index in [2.05, 4.69) is 14.7 Å². The minimum Gasteiger partial charge on any atom is -0.494 e. The molecule has 148 valence electrons. The van der Waals surface area contributed by atoms with Gasteiger partial charge in [-0.15, -0.1) is 0 Å². The van der Waals surface area contributed by atoms with Gasteiger partial charge in [-0.2, -0.15) is 0 Å². The second kappa shape index (κ2) is 7.81. The number of ether oxygens (including phenoxy) is 1. The molecule has 0 spiro atoms. The number of rotatable bonds is 6. The number of nitrogens with zero attached hydrogens (tertiary/aromatic N) is 2. The summed E-state index contributed by atoms with van der Waals surface area (Å²) in [5.41, 5.74) is 3.12. The number of nitrogens with one attached hydrogen (secondary N) is 1. The molecule has 0 saturated carbocycles. The highest BCUT2D eigenvalue weighted by Crippen LogP contribution is 2.31. The van der Waals surface area contributed by atoms with E-state index in [1.54, 1.807) is 24.4 Å². The highest BCUT2D eigenvalue weighted by Gasteiger charge is 2.16. The summed E-state index contributed by atoms with van der Waals surface area (Å²) in [5.74, 6) is 0.636. The van der Waals surface area contributed by atoms with Gasteiger partial charge in [0.15, 0.2) is 0 Å². The molecular formula is C21H19N3O3S2. The van der Waals surface area contributed by atoms with E-state index in [1.165, 1.54) is 23.5 Å². The van der Waals surface area contributed by atoms with Gasteiger partial charge in [-0.3, -0.25) is 4.72 Å². The van der Waals surface area contributed by atoms with Gasteiger partial charge in [-0.05, 0) is 74.0 Å². The Morgan fingerprint density at radius 3 is 2.59 bits per heavy atom. The highest BCUT2D eigenvalue weighted by molar-refractivity contribution is 7.92. The summed E-state index contributed by atoms with van der Waals surface area (Å²) < 4.78 is 33.5. The molecular weight excluding hydrogens is 406 g/mol. The second-order valence-electron chi connectivity index (χ2n) is 6.39. The Kier molecular flexibility index (Phi) is 5.21. The smallest absolute Gasteiger partial charge is 0.261 e. The number of aromatic nitrogens is 2. The SMILES string of the molecule is CCOc1ccc(S(=O)(=O)Nc2ccc(-c3nc4cccnc4s3)cc2C)cc1. The summed E-state index contributed by atoms with van der Waals surface area (Å²) >= 11 is 1.51. The lowest BCUT2D eigenvalue weighted by Crippen LogP contribution is -2.13. The van der Waals surface area contributed by atoms with Gasteiger partial charge >= 0.3 is 0 Å². The van der Waals surface area contributed by atoms with Gasteiger partial charge in [-0.25, -0.2) is 18.4 Å². The molecule has 2 aromatic heterocycles. The third kappa shape index (κ3) is 4.08. The second-order valence-corrected chi connectivity index (χ2v) is 9.05. The van der Waals surface area contributed by atoms with Crippen LogP contribution in [0.25, 0.3) is 20.9 Å². The summed E-state index contributed by atoms with van der Waals surface area (Å²) in [6.45, 7) is 4.27. The zero-order valence-electron chi connectivity index (χ0n) is 15.9. The molecule has 8 heteroatoms. The number of hydrogen-bond acceptors (Lipinski definition) is 6. The van der Waals surface area contributed by atoms with Crippen molar-refractivity contribution in [1.29, 1.82) is 0 Å². The number of pyridine rings is 1. The Labute approximate surface area is 173 Å². The molecule has 2 aromatic carbocycles. The van der Waals surface area contributed by atoms with E-state index < -0.39 is 10.0 Å². The maximum atomic E-state index is 12.7. The van der Waals surface area contributed by atoms with Crippen LogP contribution in [0.2, 0.25) is 0 Å². The van der Waals surface area contributed by atoms with E-state index >= 15 is 0 Å². The molecule has 0 aliphatic carbocycles. The molecule has 0 fully saturated rings. The van der Waals surface area contributed by atoms with Crippen molar-refractivity contribution in [2.24, 2.45) is 0 Å². The first-order valence-corrected chi connectivity index (χ1v) is 11.3. The van der Waals surface area contributed by atoms with Crippen LogP contribution in [0.5, 0.6) is 5.75 Å². The fraction of sp³-hybridized carbons (Fsp3) is 0.143. The lowest BCUT2D eigenvalue weighted by Gasteiger charge is -2.12. The average Bonchev–Trinajstić information content (AvgIpc) is 3.14. The number of fused-ring (bicyclic) bond motifs is 1. The minimum absolute atomic E-state index is 0.182. The van der Waals surface area contributed by atoms with E-state index in [4.69, 9.17) is 4.74 Å². The number of benzene rings is 2. The van der Waals surface area contributed by atoms with Gasteiger partial charge in [0.2, 0.25) is 0 Å². The molecule has 29 heavy (non-hydrogen) atoms. The Hall–Kier alpha value is -2.97. The highest BCUT2D eigenvalue weighted by atomic mass is 32.2. The van der Waals surface area contributed by atoms with Crippen molar-refractivity contribution in [2.75, 3.05) is 11.3 Å². The summed E-state index contributed by atoms with van der Waals surface area (Å²) in [4.78, 5) is 9.98. The molecule has 0 saturated heterocycles. The monoisotopic (exact) mass is 425 g/mol. The standard InChI is InChI=1S/C21H19N3O3S2/c1-3-27-16-7-9-17(10-8-16)29(25,26)24-18-11-6-15(13-14(18)2)20-23-19-5-4-12-22-21(19)28-20/h4-13,24H,3H2,1-2H3. The predicted octanol–water partition coefficient (Wildman–Crippen LogP) is 4.87. The van der Waals surface area contributed by atoms with Crippen LogP contribution in [-0.2, 0) is 10.0 Å². The number of thiazole rings is 1.